The van der Waals surface area contributed by atoms with Gasteiger partial charge in [0.05, 0.1) is 6.61 Å². The van der Waals surface area contributed by atoms with Crippen molar-refractivity contribution in [2.75, 3.05) is 6.61 Å². The number of imidazole rings is 1. The van der Waals surface area contributed by atoms with Gasteiger partial charge >= 0.3 is 11.8 Å². The van der Waals surface area contributed by atoms with Crippen molar-refractivity contribution < 1.29 is 14.3 Å². The number of benzene rings is 1. The van der Waals surface area contributed by atoms with Gasteiger partial charge in [0, 0.05) is 19.2 Å². The largest absolute Gasteiger partial charge is 0.510 e. The summed E-state index contributed by atoms with van der Waals surface area (Å²) in [6, 6.07) is 8.95. The van der Waals surface area contributed by atoms with Crippen LogP contribution in [0.3, 0.4) is 0 Å². The fourth-order valence-corrected chi connectivity index (χ4v) is 3.13. The number of carbonyl (C=O) groups is 1. The molecule has 29 heavy (non-hydrogen) atoms. The van der Waals surface area contributed by atoms with Crippen LogP contribution >= 0.6 is 0 Å². The molecule has 0 saturated heterocycles. The molecule has 1 unspecified atom stereocenters. The van der Waals surface area contributed by atoms with Crippen LogP contribution in [0.5, 0.6) is 0 Å². The molecular formula is C20H24N4O5. The van der Waals surface area contributed by atoms with Crippen molar-refractivity contribution >= 4 is 17.3 Å². The molecule has 3 aromatic rings. The zero-order valence-corrected chi connectivity index (χ0v) is 16.9. The minimum atomic E-state index is -0.974. The lowest BCUT2D eigenvalue weighted by Gasteiger charge is -2.20. The van der Waals surface area contributed by atoms with Crippen LogP contribution in [-0.4, -0.2) is 31.4 Å². The van der Waals surface area contributed by atoms with Gasteiger partial charge < -0.3 is 9.47 Å². The highest BCUT2D eigenvalue weighted by atomic mass is 16.7. The van der Waals surface area contributed by atoms with Crippen LogP contribution in [0.25, 0.3) is 11.2 Å². The van der Waals surface area contributed by atoms with Crippen LogP contribution < -0.4 is 11.2 Å². The van der Waals surface area contributed by atoms with Crippen LogP contribution in [0.1, 0.15) is 32.6 Å². The summed E-state index contributed by atoms with van der Waals surface area (Å²) < 4.78 is 14.4. The first-order valence-electron chi connectivity index (χ1n) is 9.39. The lowest BCUT2D eigenvalue weighted by atomic mass is 10.2. The van der Waals surface area contributed by atoms with Crippen LogP contribution in [0.15, 0.2) is 46.2 Å². The SMILES string of the molecule is CCOC(=O)OC(c1ccccc1)n1cnc2c1c(=O)n(C)c(=O)n2CC(C)C. The maximum Gasteiger partial charge on any atom is 0.510 e. The molecule has 0 aliphatic heterocycles. The van der Waals surface area contributed by atoms with Gasteiger partial charge in [-0.3, -0.25) is 18.5 Å². The summed E-state index contributed by atoms with van der Waals surface area (Å²) in [5.74, 6) is 0.166. The normalized spacial score (nSPS) is 12.3. The molecule has 1 atom stereocenters. The minimum Gasteiger partial charge on any atom is -0.435 e. The molecule has 0 fully saturated rings. The van der Waals surface area contributed by atoms with Crippen molar-refractivity contribution in [3.8, 4) is 0 Å². The van der Waals surface area contributed by atoms with Gasteiger partial charge in [-0.2, -0.15) is 0 Å². The first-order chi connectivity index (χ1) is 13.8. The van der Waals surface area contributed by atoms with Gasteiger partial charge in [-0.25, -0.2) is 14.6 Å². The zero-order valence-electron chi connectivity index (χ0n) is 16.9. The highest BCUT2D eigenvalue weighted by Gasteiger charge is 2.25. The van der Waals surface area contributed by atoms with E-state index in [1.807, 2.05) is 19.9 Å². The maximum absolute atomic E-state index is 12.9. The molecule has 0 radical (unpaired) electrons. The van der Waals surface area contributed by atoms with Gasteiger partial charge in [-0.1, -0.05) is 44.2 Å². The van der Waals surface area contributed by atoms with Crippen molar-refractivity contribution in [1.29, 1.82) is 0 Å². The van der Waals surface area contributed by atoms with Gasteiger partial charge in [-0.05, 0) is 12.8 Å². The van der Waals surface area contributed by atoms with Gasteiger partial charge in [0.1, 0.15) is 6.33 Å². The lowest BCUT2D eigenvalue weighted by molar-refractivity contribution is 0.0164. The third-order valence-electron chi connectivity index (χ3n) is 4.41. The topological polar surface area (TPSA) is 97.3 Å². The smallest absolute Gasteiger partial charge is 0.435 e. The molecule has 1 aromatic carbocycles. The molecule has 9 nitrogen and oxygen atoms in total. The molecule has 0 bridgehead atoms. The zero-order chi connectivity index (χ0) is 21.1. The van der Waals surface area contributed by atoms with E-state index >= 15 is 0 Å². The van der Waals surface area contributed by atoms with Gasteiger partial charge in [0.2, 0.25) is 6.23 Å². The Labute approximate surface area is 167 Å². The molecule has 2 aromatic heterocycles. The van der Waals surface area contributed by atoms with Gasteiger partial charge in [0.25, 0.3) is 5.56 Å². The first-order valence-corrected chi connectivity index (χ1v) is 9.39. The summed E-state index contributed by atoms with van der Waals surface area (Å²) in [6.07, 6.45) is -0.437. The molecule has 3 rings (SSSR count). The van der Waals surface area contributed by atoms with Crippen LogP contribution in [-0.2, 0) is 23.1 Å². The molecule has 2 heterocycles. The molecule has 0 aliphatic rings. The molecule has 154 valence electrons. The predicted molar refractivity (Wildman–Crippen MR) is 107 cm³/mol. The average molecular weight is 400 g/mol. The Bertz CT molecular complexity index is 1130. The van der Waals surface area contributed by atoms with Crippen molar-refractivity contribution in [3.63, 3.8) is 0 Å². The number of hydrogen-bond acceptors (Lipinski definition) is 6. The number of ether oxygens (including phenoxy) is 2. The summed E-state index contributed by atoms with van der Waals surface area (Å²) >= 11 is 0. The van der Waals surface area contributed by atoms with E-state index in [4.69, 9.17) is 9.47 Å². The molecular weight excluding hydrogens is 376 g/mol. The fourth-order valence-electron chi connectivity index (χ4n) is 3.13. The molecule has 9 heteroatoms. The number of nitrogens with zero attached hydrogens (tertiary/aromatic N) is 4. The molecule has 0 N–H and O–H groups in total. The predicted octanol–water partition coefficient (Wildman–Crippen LogP) is 2.27. The van der Waals surface area contributed by atoms with E-state index in [9.17, 15) is 14.4 Å². The maximum atomic E-state index is 12.9. The van der Waals surface area contributed by atoms with Crippen LogP contribution in [0, 0.1) is 5.92 Å². The Hall–Kier alpha value is -3.36. The van der Waals surface area contributed by atoms with E-state index in [1.165, 1.54) is 22.5 Å². The van der Waals surface area contributed by atoms with Crippen LogP contribution in [0.4, 0.5) is 4.79 Å². The number of carbonyl (C=O) groups excluding carboxylic acids is 1. The van der Waals surface area contributed by atoms with Crippen molar-refractivity contribution in [1.82, 2.24) is 18.7 Å². The summed E-state index contributed by atoms with van der Waals surface area (Å²) in [7, 11) is 1.42. The van der Waals surface area contributed by atoms with E-state index in [-0.39, 0.29) is 23.7 Å². The van der Waals surface area contributed by atoms with Crippen molar-refractivity contribution in [3.05, 3.63) is 63.1 Å². The molecule has 0 spiro atoms. The first kappa shape index (κ1) is 20.4. The Morgan fingerprint density at radius 2 is 1.86 bits per heavy atom. The highest BCUT2D eigenvalue weighted by molar-refractivity contribution is 5.71. The summed E-state index contributed by atoms with van der Waals surface area (Å²) in [5.41, 5.74) is 0.0922. The molecule has 0 amide bonds. The number of hydrogen-bond donors (Lipinski definition) is 0. The number of rotatable bonds is 6. The Morgan fingerprint density at radius 1 is 1.17 bits per heavy atom. The standard InChI is InChI=1S/C20H24N4O5/c1-5-28-20(27)29-18(14-9-7-6-8-10-14)24-12-21-16-15(24)17(25)22(4)19(26)23(16)11-13(2)3/h6-10,12-13,18H,5,11H2,1-4H3. The van der Waals surface area contributed by atoms with Gasteiger partial charge in [-0.15, -0.1) is 0 Å². The number of aromatic nitrogens is 4. The minimum absolute atomic E-state index is 0.153. The van der Waals surface area contributed by atoms with E-state index in [0.29, 0.717) is 12.1 Å². The second-order valence-electron chi connectivity index (χ2n) is 7.04. The second kappa shape index (κ2) is 8.34. The quantitative estimate of drug-likeness (QED) is 0.589. The third-order valence-corrected chi connectivity index (χ3v) is 4.41. The molecule has 0 saturated carbocycles. The summed E-state index contributed by atoms with van der Waals surface area (Å²) in [6.45, 7) is 6.16. The van der Waals surface area contributed by atoms with Crippen LogP contribution in [0.2, 0.25) is 0 Å². The fraction of sp³-hybridized carbons (Fsp3) is 0.400. The van der Waals surface area contributed by atoms with Gasteiger partial charge in [0.15, 0.2) is 11.2 Å². The van der Waals surface area contributed by atoms with E-state index < -0.39 is 23.6 Å². The average Bonchev–Trinajstić information content (AvgIpc) is 3.13. The van der Waals surface area contributed by atoms with Crippen molar-refractivity contribution in [2.24, 2.45) is 13.0 Å². The Kier molecular flexibility index (Phi) is 5.86. The Morgan fingerprint density at radius 3 is 2.48 bits per heavy atom. The van der Waals surface area contributed by atoms with E-state index in [1.54, 1.807) is 31.2 Å². The summed E-state index contributed by atoms with van der Waals surface area (Å²) in [4.78, 5) is 41.9. The van der Waals surface area contributed by atoms with E-state index in [2.05, 4.69) is 4.98 Å². The monoisotopic (exact) mass is 400 g/mol. The lowest BCUT2D eigenvalue weighted by Crippen LogP contribution is -2.39. The summed E-state index contributed by atoms with van der Waals surface area (Å²) in [5, 5.41) is 0. The highest BCUT2D eigenvalue weighted by Crippen LogP contribution is 2.24. The van der Waals surface area contributed by atoms with E-state index in [0.717, 1.165) is 4.57 Å². The third kappa shape index (κ3) is 3.94. The number of fused-ring (bicyclic) bond motifs is 1. The molecule has 0 aliphatic carbocycles. The Balaban J connectivity index is 2.25. The van der Waals surface area contributed by atoms with Crippen molar-refractivity contribution in [2.45, 2.75) is 33.5 Å². The second-order valence-corrected chi connectivity index (χ2v) is 7.04.